The van der Waals surface area contributed by atoms with Gasteiger partial charge in [0.2, 0.25) is 0 Å². The number of nitrogens with zero attached hydrogens (tertiary/aromatic N) is 1. The number of β-amino-alcohol motifs (C(OH)–C–C–N with tert-alkyl or cyclic N) is 1. The monoisotopic (exact) mass is 393 g/mol. The molecule has 1 fully saturated rings. The van der Waals surface area contributed by atoms with Gasteiger partial charge in [-0.15, -0.1) is 0 Å². The molecule has 1 aliphatic heterocycles. The summed E-state index contributed by atoms with van der Waals surface area (Å²) in [7, 11) is 1.65. The Morgan fingerprint density at radius 1 is 1.36 bits per heavy atom. The number of benzene rings is 1. The van der Waals surface area contributed by atoms with Crippen LogP contribution in [0.15, 0.2) is 18.2 Å². The van der Waals surface area contributed by atoms with Crippen molar-refractivity contribution in [2.24, 2.45) is 5.92 Å². The van der Waals surface area contributed by atoms with Crippen molar-refractivity contribution < 1.29 is 24.1 Å². The molecule has 0 aromatic heterocycles. The number of hydrogen-bond donors (Lipinski definition) is 1. The average molecular weight is 394 g/mol. The van der Waals surface area contributed by atoms with E-state index < -0.39 is 6.10 Å². The SMILES string of the molecule is CCOC(=O)[C@H]1CCCN(C[C@@H](O)COc2ccc(OC)cc2C(C)(C)C)C1. The van der Waals surface area contributed by atoms with E-state index in [0.29, 0.717) is 19.7 Å². The molecular formula is C22H35NO5. The highest BCUT2D eigenvalue weighted by molar-refractivity contribution is 5.72. The summed E-state index contributed by atoms with van der Waals surface area (Å²) in [6, 6.07) is 5.74. The number of esters is 1. The van der Waals surface area contributed by atoms with Gasteiger partial charge >= 0.3 is 5.97 Å². The summed E-state index contributed by atoms with van der Waals surface area (Å²) in [5.41, 5.74) is 0.938. The Kier molecular flexibility index (Phi) is 8.13. The number of carbonyl (C=O) groups is 1. The van der Waals surface area contributed by atoms with Crippen LogP contribution in [0.4, 0.5) is 0 Å². The van der Waals surface area contributed by atoms with E-state index in [9.17, 15) is 9.90 Å². The maximum absolute atomic E-state index is 12.0. The van der Waals surface area contributed by atoms with Crippen LogP contribution in [0.25, 0.3) is 0 Å². The summed E-state index contributed by atoms with van der Waals surface area (Å²) in [4.78, 5) is 14.1. The van der Waals surface area contributed by atoms with Gasteiger partial charge in [0.1, 0.15) is 24.2 Å². The van der Waals surface area contributed by atoms with Gasteiger partial charge in [0.15, 0.2) is 0 Å². The van der Waals surface area contributed by atoms with Crippen molar-refractivity contribution in [2.45, 2.75) is 52.1 Å². The van der Waals surface area contributed by atoms with Gasteiger partial charge in [-0.05, 0) is 49.9 Å². The number of rotatable bonds is 8. The lowest BCUT2D eigenvalue weighted by Crippen LogP contribution is -2.44. The van der Waals surface area contributed by atoms with Crippen molar-refractivity contribution in [1.29, 1.82) is 0 Å². The number of piperidine rings is 1. The van der Waals surface area contributed by atoms with Gasteiger partial charge < -0.3 is 19.3 Å². The lowest BCUT2D eigenvalue weighted by Gasteiger charge is -2.32. The minimum Gasteiger partial charge on any atom is -0.497 e. The molecule has 0 unspecified atom stereocenters. The van der Waals surface area contributed by atoms with Gasteiger partial charge in [-0.3, -0.25) is 9.69 Å². The van der Waals surface area contributed by atoms with E-state index in [1.807, 2.05) is 25.1 Å². The van der Waals surface area contributed by atoms with Crippen LogP contribution in [0.3, 0.4) is 0 Å². The molecule has 1 aromatic rings. The molecule has 158 valence electrons. The fourth-order valence-electron chi connectivity index (χ4n) is 3.56. The van der Waals surface area contributed by atoms with Crippen LogP contribution >= 0.6 is 0 Å². The maximum Gasteiger partial charge on any atom is 0.310 e. The second kappa shape index (κ2) is 10.1. The van der Waals surface area contributed by atoms with Crippen molar-refractivity contribution in [1.82, 2.24) is 4.90 Å². The third kappa shape index (κ3) is 6.38. The largest absolute Gasteiger partial charge is 0.497 e. The summed E-state index contributed by atoms with van der Waals surface area (Å²) in [5.74, 6) is 1.31. The van der Waals surface area contributed by atoms with Crippen molar-refractivity contribution in [3.05, 3.63) is 23.8 Å². The zero-order valence-electron chi connectivity index (χ0n) is 17.9. The lowest BCUT2D eigenvalue weighted by molar-refractivity contribution is -0.150. The molecule has 1 heterocycles. The number of hydrogen-bond acceptors (Lipinski definition) is 6. The van der Waals surface area contributed by atoms with Gasteiger partial charge in [0, 0.05) is 18.7 Å². The van der Waals surface area contributed by atoms with Crippen LogP contribution in [0.1, 0.15) is 46.1 Å². The van der Waals surface area contributed by atoms with E-state index in [2.05, 4.69) is 25.7 Å². The highest BCUT2D eigenvalue weighted by atomic mass is 16.5. The molecular weight excluding hydrogens is 358 g/mol. The van der Waals surface area contributed by atoms with Gasteiger partial charge in [0.05, 0.1) is 19.6 Å². The molecule has 2 atom stereocenters. The van der Waals surface area contributed by atoms with Gasteiger partial charge in [0.25, 0.3) is 0 Å². The molecule has 0 spiro atoms. The first-order chi connectivity index (χ1) is 13.2. The summed E-state index contributed by atoms with van der Waals surface area (Å²) >= 11 is 0. The minimum atomic E-state index is -0.629. The van der Waals surface area contributed by atoms with E-state index in [4.69, 9.17) is 14.2 Å². The molecule has 6 nitrogen and oxygen atoms in total. The summed E-state index contributed by atoms with van der Waals surface area (Å²) in [5, 5.41) is 10.5. The second-order valence-corrected chi connectivity index (χ2v) is 8.43. The number of aliphatic hydroxyl groups excluding tert-OH is 1. The molecule has 28 heavy (non-hydrogen) atoms. The third-order valence-corrected chi connectivity index (χ3v) is 5.02. The molecule has 1 aliphatic rings. The fraction of sp³-hybridized carbons (Fsp3) is 0.682. The minimum absolute atomic E-state index is 0.101. The maximum atomic E-state index is 12.0. The van der Waals surface area contributed by atoms with E-state index in [-0.39, 0.29) is 23.9 Å². The van der Waals surface area contributed by atoms with Crippen molar-refractivity contribution in [3.8, 4) is 11.5 Å². The molecule has 0 amide bonds. The van der Waals surface area contributed by atoms with Gasteiger partial charge in [-0.25, -0.2) is 0 Å². The Balaban J connectivity index is 1.92. The molecule has 0 saturated carbocycles. The summed E-state index contributed by atoms with van der Waals surface area (Å²) < 4.78 is 16.4. The van der Waals surface area contributed by atoms with Crippen LogP contribution in [0.2, 0.25) is 0 Å². The van der Waals surface area contributed by atoms with Crippen molar-refractivity contribution >= 4 is 5.97 Å². The van der Waals surface area contributed by atoms with E-state index >= 15 is 0 Å². The Bertz CT molecular complexity index is 640. The fourth-order valence-corrected chi connectivity index (χ4v) is 3.56. The van der Waals surface area contributed by atoms with E-state index in [1.54, 1.807) is 7.11 Å². The Labute approximate surface area is 168 Å². The number of ether oxygens (including phenoxy) is 3. The number of carbonyl (C=O) groups excluding carboxylic acids is 1. The quantitative estimate of drug-likeness (QED) is 0.685. The first-order valence-electron chi connectivity index (χ1n) is 10.1. The summed E-state index contributed by atoms with van der Waals surface area (Å²) in [6.07, 6.45) is 1.16. The highest BCUT2D eigenvalue weighted by Gasteiger charge is 2.28. The molecule has 6 heteroatoms. The summed E-state index contributed by atoms with van der Waals surface area (Å²) in [6.45, 7) is 10.8. The highest BCUT2D eigenvalue weighted by Crippen LogP contribution is 2.34. The molecule has 1 aromatic carbocycles. The molecule has 0 radical (unpaired) electrons. The molecule has 1 N–H and O–H groups in total. The standard InChI is InChI=1S/C22H35NO5/c1-6-27-21(25)16-8-7-11-23(13-16)14-17(24)15-28-20-10-9-18(26-5)12-19(20)22(2,3)4/h9-10,12,16-17,24H,6-8,11,13-15H2,1-5H3/t16-,17+/m0/s1. The number of methoxy groups -OCH3 is 1. The Morgan fingerprint density at radius 2 is 2.11 bits per heavy atom. The third-order valence-electron chi connectivity index (χ3n) is 5.02. The van der Waals surface area contributed by atoms with Crippen LogP contribution in [-0.2, 0) is 14.9 Å². The normalized spacial score (nSPS) is 19.1. The van der Waals surface area contributed by atoms with Gasteiger partial charge in [-0.2, -0.15) is 0 Å². The average Bonchev–Trinajstić information content (AvgIpc) is 2.66. The zero-order valence-corrected chi connectivity index (χ0v) is 17.9. The van der Waals surface area contributed by atoms with Crippen molar-refractivity contribution in [3.63, 3.8) is 0 Å². The molecule has 2 rings (SSSR count). The topological polar surface area (TPSA) is 68.2 Å². The Morgan fingerprint density at radius 3 is 2.75 bits per heavy atom. The first kappa shape index (κ1) is 22.5. The van der Waals surface area contributed by atoms with E-state index in [1.165, 1.54) is 0 Å². The molecule has 0 bridgehead atoms. The van der Waals surface area contributed by atoms with Crippen LogP contribution in [0.5, 0.6) is 11.5 Å². The van der Waals surface area contributed by atoms with E-state index in [0.717, 1.165) is 36.4 Å². The van der Waals surface area contributed by atoms with Crippen LogP contribution in [0, 0.1) is 5.92 Å². The first-order valence-corrected chi connectivity index (χ1v) is 10.1. The predicted molar refractivity (Wildman–Crippen MR) is 109 cm³/mol. The van der Waals surface area contributed by atoms with Crippen LogP contribution in [-0.4, -0.2) is 62.0 Å². The van der Waals surface area contributed by atoms with Crippen LogP contribution < -0.4 is 9.47 Å². The Hall–Kier alpha value is -1.79. The lowest BCUT2D eigenvalue weighted by atomic mass is 9.86. The van der Waals surface area contributed by atoms with Crippen molar-refractivity contribution in [2.75, 3.05) is 40.0 Å². The number of likely N-dealkylation sites (tertiary alicyclic amines) is 1. The number of aliphatic hydroxyl groups is 1. The predicted octanol–water partition coefficient (Wildman–Crippen LogP) is 3.01. The van der Waals surface area contributed by atoms with Gasteiger partial charge in [-0.1, -0.05) is 20.8 Å². The molecule has 1 saturated heterocycles. The smallest absolute Gasteiger partial charge is 0.310 e. The second-order valence-electron chi connectivity index (χ2n) is 8.43. The molecule has 0 aliphatic carbocycles. The zero-order chi connectivity index (χ0) is 20.7.